The first-order valence-corrected chi connectivity index (χ1v) is 23.7. The number of benzene rings is 8. The number of hydrogen-bond acceptors (Lipinski definition) is 2. The molecular formula is C59H45NS2. The van der Waals surface area contributed by atoms with Crippen molar-refractivity contribution in [2.24, 2.45) is 0 Å². The Morgan fingerprint density at radius 3 is 2.03 bits per heavy atom. The van der Waals surface area contributed by atoms with Gasteiger partial charge in [0, 0.05) is 73.7 Å². The third-order valence-corrected chi connectivity index (χ3v) is 16.0. The molecule has 0 amide bonds. The molecule has 1 aliphatic carbocycles. The van der Waals surface area contributed by atoms with Crippen LogP contribution in [0.1, 0.15) is 53.9 Å². The molecule has 11 aromatic rings. The number of para-hydroxylation sites is 2. The third kappa shape index (κ3) is 6.09. The van der Waals surface area contributed by atoms with Crippen molar-refractivity contribution < 1.29 is 0 Å². The maximum atomic E-state index is 2.55. The molecule has 0 spiro atoms. The Morgan fingerprint density at radius 1 is 0.565 bits per heavy atom. The van der Waals surface area contributed by atoms with E-state index in [0.29, 0.717) is 5.92 Å². The molecule has 62 heavy (non-hydrogen) atoms. The van der Waals surface area contributed by atoms with E-state index in [1.165, 1.54) is 112 Å². The van der Waals surface area contributed by atoms with Gasteiger partial charge in [0.2, 0.25) is 0 Å². The monoisotopic (exact) mass is 831 g/mol. The van der Waals surface area contributed by atoms with Crippen molar-refractivity contribution in [2.75, 3.05) is 0 Å². The minimum atomic E-state index is 0.278. The summed E-state index contributed by atoms with van der Waals surface area (Å²) in [5.41, 5.74) is 13.4. The Labute approximate surface area is 370 Å². The minimum Gasteiger partial charge on any atom is -0.310 e. The van der Waals surface area contributed by atoms with E-state index < -0.39 is 0 Å². The van der Waals surface area contributed by atoms with Crippen LogP contribution in [0, 0.1) is 6.92 Å². The van der Waals surface area contributed by atoms with Crippen LogP contribution in [0.15, 0.2) is 176 Å². The van der Waals surface area contributed by atoms with E-state index in [0.717, 1.165) is 19.3 Å². The highest BCUT2D eigenvalue weighted by Crippen LogP contribution is 2.47. The summed E-state index contributed by atoms with van der Waals surface area (Å²) in [5, 5.41) is 9.39. The van der Waals surface area contributed by atoms with Crippen LogP contribution < -0.4 is 10.6 Å². The summed E-state index contributed by atoms with van der Waals surface area (Å²) < 4.78 is 7.91. The lowest BCUT2D eigenvalue weighted by atomic mass is 9.83. The Morgan fingerprint density at radius 2 is 1.23 bits per heavy atom. The molecule has 3 heterocycles. The van der Waals surface area contributed by atoms with E-state index in [-0.39, 0.29) is 5.92 Å². The van der Waals surface area contributed by atoms with Crippen molar-refractivity contribution in [1.29, 1.82) is 0 Å². The van der Waals surface area contributed by atoms with Crippen molar-refractivity contribution in [3.05, 3.63) is 209 Å². The molecule has 2 unspecified atom stereocenters. The second-order valence-electron chi connectivity index (χ2n) is 17.1. The molecule has 12 rings (SSSR count). The van der Waals surface area contributed by atoms with Gasteiger partial charge in [0.05, 0.1) is 10.9 Å². The molecule has 1 nitrogen and oxygen atoms in total. The van der Waals surface area contributed by atoms with E-state index >= 15 is 0 Å². The van der Waals surface area contributed by atoms with Gasteiger partial charge in [-0.25, -0.2) is 0 Å². The van der Waals surface area contributed by atoms with Gasteiger partial charge in [-0.1, -0.05) is 153 Å². The van der Waals surface area contributed by atoms with Crippen LogP contribution in [-0.4, -0.2) is 4.57 Å². The lowest BCUT2D eigenvalue weighted by Crippen LogP contribution is -2.32. The van der Waals surface area contributed by atoms with Crippen molar-refractivity contribution in [2.45, 2.75) is 44.9 Å². The zero-order chi connectivity index (χ0) is 41.3. The molecule has 2 atom stereocenters. The van der Waals surface area contributed by atoms with E-state index in [4.69, 9.17) is 0 Å². The lowest BCUT2D eigenvalue weighted by Gasteiger charge is -2.22. The fourth-order valence-corrected chi connectivity index (χ4v) is 12.8. The van der Waals surface area contributed by atoms with Crippen molar-refractivity contribution in [3.63, 3.8) is 0 Å². The molecule has 0 radical (unpaired) electrons. The highest BCUT2D eigenvalue weighted by atomic mass is 32.1. The number of aromatic nitrogens is 1. The topological polar surface area (TPSA) is 4.93 Å². The van der Waals surface area contributed by atoms with Gasteiger partial charge in [-0.05, 0) is 108 Å². The first kappa shape index (κ1) is 37.3. The predicted molar refractivity (Wildman–Crippen MR) is 270 cm³/mol. The summed E-state index contributed by atoms with van der Waals surface area (Å²) in [6.45, 7) is 4.66. The van der Waals surface area contributed by atoms with Gasteiger partial charge < -0.3 is 4.57 Å². The Bertz CT molecular complexity index is 3660. The molecule has 0 fully saturated rings. The van der Waals surface area contributed by atoms with Gasteiger partial charge in [-0.3, -0.25) is 0 Å². The fourth-order valence-electron chi connectivity index (χ4n) is 10.4. The van der Waals surface area contributed by atoms with Crippen LogP contribution in [0.25, 0.3) is 91.3 Å². The van der Waals surface area contributed by atoms with Crippen LogP contribution >= 0.6 is 22.7 Å². The first-order chi connectivity index (χ1) is 30.6. The normalized spacial score (nSPS) is 14.4. The Hall–Kier alpha value is -6.52. The number of nitrogens with zero attached hydrogens (tertiary/aromatic N) is 1. The van der Waals surface area contributed by atoms with Crippen LogP contribution in [0.4, 0.5) is 0 Å². The standard InChI is InChI=1S/C59H45NS2/c1-3-38(42-34-52-48-22-11-14-27-57(48)62-59(52)53(35-42)50-24-15-23-49-47-21-10-13-26-56(47)61-58(49)50)32-41-16-7-8-19-44(41)51-33-39(29-28-37(51)2)40-30-31-46-45-20-9-12-25-54(45)60(55(46)36-40)43-17-5-4-6-18-43/h4-29,31,33-36,38,40H,3,30,32H2,1-2H3. The van der Waals surface area contributed by atoms with Crippen molar-refractivity contribution >= 4 is 86.1 Å². The predicted octanol–water partition coefficient (Wildman–Crippen LogP) is 15.5. The number of rotatable bonds is 8. The molecule has 3 aromatic heterocycles. The lowest BCUT2D eigenvalue weighted by molar-refractivity contribution is 0.662. The van der Waals surface area contributed by atoms with Crippen LogP contribution in [0.5, 0.6) is 0 Å². The maximum absolute atomic E-state index is 2.55. The van der Waals surface area contributed by atoms with Gasteiger partial charge in [-0.15, -0.1) is 22.7 Å². The summed E-state index contributed by atoms with van der Waals surface area (Å²) in [5.74, 6) is 0.628. The average molecular weight is 832 g/mol. The van der Waals surface area contributed by atoms with Gasteiger partial charge in [-0.2, -0.15) is 0 Å². The molecule has 0 N–H and O–H groups in total. The number of fused-ring (bicyclic) bond motifs is 9. The zero-order valence-electron chi connectivity index (χ0n) is 34.9. The van der Waals surface area contributed by atoms with Crippen molar-refractivity contribution in [3.8, 4) is 27.9 Å². The van der Waals surface area contributed by atoms with Crippen LogP contribution in [-0.2, 0) is 6.42 Å². The molecule has 0 saturated carbocycles. The molecule has 0 bridgehead atoms. The fraction of sp³-hybridized carbons (Fsp3) is 0.119. The van der Waals surface area contributed by atoms with E-state index in [1.807, 2.05) is 22.7 Å². The van der Waals surface area contributed by atoms with Gasteiger partial charge in [0.15, 0.2) is 0 Å². The summed E-state index contributed by atoms with van der Waals surface area (Å²) in [7, 11) is 0. The third-order valence-electron chi connectivity index (χ3n) is 13.5. The molecule has 298 valence electrons. The number of hydrogen-bond donors (Lipinski definition) is 0. The molecule has 3 heteroatoms. The van der Waals surface area contributed by atoms with E-state index in [2.05, 4.69) is 206 Å². The second kappa shape index (κ2) is 15.1. The summed E-state index contributed by atoms with van der Waals surface area (Å²) >= 11 is 3.87. The zero-order valence-corrected chi connectivity index (χ0v) is 36.6. The Balaban J connectivity index is 0.955. The van der Waals surface area contributed by atoms with Gasteiger partial charge >= 0.3 is 0 Å². The number of aryl methyl sites for hydroxylation is 1. The summed E-state index contributed by atoms with van der Waals surface area (Å²) in [4.78, 5) is 0. The Kier molecular flexibility index (Phi) is 9.09. The van der Waals surface area contributed by atoms with E-state index in [1.54, 1.807) is 0 Å². The first-order valence-electron chi connectivity index (χ1n) is 22.0. The SMILES string of the molecule is CCC(Cc1ccccc1-c1cc(C2C=c3c(c4ccccc4n3-c3ccccc3)=CC2)ccc1C)c1cc(-c2cccc3c2sc2ccccc23)c2sc3ccccc3c2c1. The summed E-state index contributed by atoms with van der Waals surface area (Å²) in [6.07, 6.45) is 8.01. The smallest absolute Gasteiger partial charge is 0.0540 e. The molecule has 1 aliphatic rings. The molecule has 0 aliphatic heterocycles. The van der Waals surface area contributed by atoms with E-state index in [9.17, 15) is 0 Å². The highest BCUT2D eigenvalue weighted by molar-refractivity contribution is 7.27. The quantitative estimate of drug-likeness (QED) is 0.144. The maximum Gasteiger partial charge on any atom is 0.0540 e. The minimum absolute atomic E-state index is 0.278. The molecular weight excluding hydrogens is 787 g/mol. The average Bonchev–Trinajstić information content (AvgIpc) is 4.01. The molecule has 0 saturated heterocycles. The second-order valence-corrected chi connectivity index (χ2v) is 19.2. The van der Waals surface area contributed by atoms with Crippen molar-refractivity contribution in [1.82, 2.24) is 4.57 Å². The largest absolute Gasteiger partial charge is 0.310 e. The van der Waals surface area contributed by atoms with Crippen LogP contribution in [0.2, 0.25) is 0 Å². The van der Waals surface area contributed by atoms with Gasteiger partial charge in [0.25, 0.3) is 0 Å². The number of thiophene rings is 2. The van der Waals surface area contributed by atoms with Gasteiger partial charge in [0.1, 0.15) is 0 Å². The summed E-state index contributed by atoms with van der Waals surface area (Å²) in [6, 6.07) is 66.0. The van der Waals surface area contributed by atoms with Crippen LogP contribution in [0.3, 0.4) is 0 Å². The molecule has 8 aromatic carbocycles. The highest BCUT2D eigenvalue weighted by Gasteiger charge is 2.22.